The summed E-state index contributed by atoms with van der Waals surface area (Å²) in [5.74, 6) is 0.253. The number of rotatable bonds is 4. The first-order valence-electron chi connectivity index (χ1n) is 17.1. The summed E-state index contributed by atoms with van der Waals surface area (Å²) in [5, 5.41) is 16.6. The van der Waals surface area contributed by atoms with Gasteiger partial charge < -0.3 is 5.11 Å². The second-order valence-corrected chi connectivity index (χ2v) is 14.2. The summed E-state index contributed by atoms with van der Waals surface area (Å²) in [6, 6.07) is 26.5. The third-order valence-corrected chi connectivity index (χ3v) is 11.9. The van der Waals surface area contributed by atoms with Gasteiger partial charge in [0.25, 0.3) is 0 Å². The first-order valence-corrected chi connectivity index (χ1v) is 17.5. The molecule has 6 aromatic rings. The van der Waals surface area contributed by atoms with Crippen LogP contribution in [0.2, 0.25) is 0 Å². The molecule has 0 radical (unpaired) electrons. The molecule has 0 heterocycles. The van der Waals surface area contributed by atoms with Gasteiger partial charge >= 0.3 is 0 Å². The van der Waals surface area contributed by atoms with E-state index in [9.17, 15) is 5.11 Å². The Morgan fingerprint density at radius 1 is 0.500 bits per heavy atom. The smallest absolute Gasteiger partial charge is 0.140 e. The maximum atomic E-state index is 11.6. The minimum atomic E-state index is 0.253. The van der Waals surface area contributed by atoms with E-state index in [4.69, 9.17) is 12.6 Å². The molecule has 0 saturated heterocycles. The molecule has 0 aliphatic heterocycles. The van der Waals surface area contributed by atoms with Crippen molar-refractivity contribution in [3.63, 3.8) is 0 Å². The van der Waals surface area contributed by atoms with Gasteiger partial charge in [0.15, 0.2) is 0 Å². The van der Waals surface area contributed by atoms with Crippen LogP contribution in [0.25, 0.3) is 67.4 Å². The lowest BCUT2D eigenvalue weighted by Gasteiger charge is -2.24. The quantitative estimate of drug-likeness (QED) is 0.145. The maximum Gasteiger partial charge on any atom is 0.140 e. The number of hydrogen-bond acceptors (Lipinski definition) is 2. The Balaban J connectivity index is 1.67. The van der Waals surface area contributed by atoms with Crippen LogP contribution in [0.5, 0.6) is 5.75 Å². The SMILES string of the molecule is Bc1c(C)c(C)c(S)c(O)c1-c1ccc2c(-c3cccc(-c4ccccc4)c3)c3c(c(-c4c(C)c(C)c(C)c(C)c4C)c2c1)=CCCC=3. The van der Waals surface area contributed by atoms with E-state index >= 15 is 0 Å². The number of phenols is 1. The zero-order valence-electron chi connectivity index (χ0n) is 29.4. The van der Waals surface area contributed by atoms with Crippen molar-refractivity contribution in [1.29, 1.82) is 0 Å². The van der Waals surface area contributed by atoms with Crippen molar-refractivity contribution in [3.8, 4) is 50.3 Å². The largest absolute Gasteiger partial charge is 0.506 e. The molecule has 0 saturated carbocycles. The van der Waals surface area contributed by atoms with Crippen molar-refractivity contribution in [2.45, 2.75) is 66.2 Å². The van der Waals surface area contributed by atoms with Crippen LogP contribution >= 0.6 is 12.6 Å². The number of benzene rings is 6. The summed E-state index contributed by atoms with van der Waals surface area (Å²) >= 11 is 4.77. The van der Waals surface area contributed by atoms with Gasteiger partial charge in [-0.1, -0.05) is 83.8 Å². The van der Waals surface area contributed by atoms with Gasteiger partial charge in [-0.15, -0.1) is 12.6 Å². The summed E-state index contributed by atoms with van der Waals surface area (Å²) in [6.07, 6.45) is 6.96. The average molecular weight is 643 g/mol. The highest BCUT2D eigenvalue weighted by Crippen LogP contribution is 2.42. The molecule has 0 amide bonds. The molecule has 7 rings (SSSR count). The molecule has 0 aromatic heterocycles. The summed E-state index contributed by atoms with van der Waals surface area (Å²) < 4.78 is 0. The highest BCUT2D eigenvalue weighted by molar-refractivity contribution is 7.80. The molecule has 0 atom stereocenters. The van der Waals surface area contributed by atoms with Gasteiger partial charge in [0.1, 0.15) is 13.6 Å². The Hall–Kier alpha value is -4.47. The molecule has 1 N–H and O–H groups in total. The van der Waals surface area contributed by atoms with Gasteiger partial charge in [-0.25, -0.2) is 0 Å². The molecule has 238 valence electrons. The van der Waals surface area contributed by atoms with Crippen LogP contribution in [0, 0.1) is 48.5 Å². The molecule has 0 unspecified atom stereocenters. The topological polar surface area (TPSA) is 20.2 Å². The van der Waals surface area contributed by atoms with Crippen LogP contribution in [0.1, 0.15) is 51.8 Å². The summed E-state index contributed by atoms with van der Waals surface area (Å²) in [6.45, 7) is 15.5. The van der Waals surface area contributed by atoms with E-state index in [0.717, 1.165) is 40.6 Å². The monoisotopic (exact) mass is 642 g/mol. The van der Waals surface area contributed by atoms with E-state index in [1.807, 2.05) is 6.92 Å². The second kappa shape index (κ2) is 12.2. The fourth-order valence-corrected chi connectivity index (χ4v) is 8.26. The zero-order chi connectivity index (χ0) is 34.0. The highest BCUT2D eigenvalue weighted by Gasteiger charge is 2.23. The van der Waals surface area contributed by atoms with Crippen molar-refractivity contribution in [2.75, 3.05) is 0 Å². The molecular weight excluding hydrogens is 599 g/mol. The highest BCUT2D eigenvalue weighted by atomic mass is 32.1. The van der Waals surface area contributed by atoms with Crippen molar-refractivity contribution in [2.24, 2.45) is 0 Å². The number of thiol groups is 1. The molecule has 0 spiro atoms. The zero-order valence-corrected chi connectivity index (χ0v) is 30.3. The second-order valence-electron chi connectivity index (χ2n) is 13.7. The van der Waals surface area contributed by atoms with E-state index in [1.165, 1.54) is 82.4 Å². The molecule has 6 aromatic carbocycles. The molecule has 1 nitrogen and oxygen atoms in total. The molecule has 1 aliphatic carbocycles. The Morgan fingerprint density at radius 3 is 1.73 bits per heavy atom. The van der Waals surface area contributed by atoms with Gasteiger partial charge in [0.05, 0.1) is 0 Å². The Labute approximate surface area is 291 Å². The summed E-state index contributed by atoms with van der Waals surface area (Å²) in [7, 11) is 2.12. The minimum Gasteiger partial charge on any atom is -0.506 e. The van der Waals surface area contributed by atoms with E-state index in [0.29, 0.717) is 4.90 Å². The van der Waals surface area contributed by atoms with Crippen LogP contribution in [0.3, 0.4) is 0 Å². The first kappa shape index (κ1) is 32.1. The predicted molar refractivity (Wildman–Crippen MR) is 213 cm³/mol. The van der Waals surface area contributed by atoms with Crippen molar-refractivity contribution < 1.29 is 5.11 Å². The van der Waals surface area contributed by atoms with Crippen LogP contribution in [-0.4, -0.2) is 13.0 Å². The lowest BCUT2D eigenvalue weighted by atomic mass is 9.78. The third-order valence-electron chi connectivity index (χ3n) is 11.4. The van der Waals surface area contributed by atoms with Gasteiger partial charge in [-0.05, 0) is 167 Å². The minimum absolute atomic E-state index is 0.253. The predicted octanol–water partition coefficient (Wildman–Crippen LogP) is 9.27. The molecule has 1 aliphatic rings. The molecular formula is C45H43BOS. The lowest BCUT2D eigenvalue weighted by Crippen LogP contribution is -2.32. The van der Waals surface area contributed by atoms with E-state index in [2.05, 4.69) is 134 Å². The van der Waals surface area contributed by atoms with Gasteiger partial charge in [-0.2, -0.15) is 0 Å². The third kappa shape index (κ3) is 4.94. The van der Waals surface area contributed by atoms with Crippen molar-refractivity contribution >= 4 is 48.9 Å². The number of hydrogen-bond donors (Lipinski definition) is 2. The number of phenolic OH excluding ortho intramolecular Hbond substituents is 1. The lowest BCUT2D eigenvalue weighted by molar-refractivity contribution is 0.464. The van der Waals surface area contributed by atoms with Crippen LogP contribution in [0.4, 0.5) is 0 Å². The Bertz CT molecular complexity index is 2380. The number of aromatic hydroxyl groups is 1. The normalized spacial score (nSPS) is 12.5. The van der Waals surface area contributed by atoms with E-state index in [-0.39, 0.29) is 5.75 Å². The molecule has 48 heavy (non-hydrogen) atoms. The fourth-order valence-electron chi connectivity index (χ4n) is 7.98. The van der Waals surface area contributed by atoms with Crippen LogP contribution < -0.4 is 15.9 Å². The van der Waals surface area contributed by atoms with Gasteiger partial charge in [0.2, 0.25) is 0 Å². The van der Waals surface area contributed by atoms with Crippen LogP contribution in [-0.2, 0) is 0 Å². The van der Waals surface area contributed by atoms with Gasteiger partial charge in [-0.3, -0.25) is 0 Å². The summed E-state index contributed by atoms with van der Waals surface area (Å²) in [5.41, 5.74) is 19.5. The molecule has 0 bridgehead atoms. The molecule has 0 fully saturated rings. The Morgan fingerprint density at radius 2 is 1.06 bits per heavy atom. The average Bonchev–Trinajstić information content (AvgIpc) is 3.11. The van der Waals surface area contributed by atoms with E-state index in [1.54, 1.807) is 0 Å². The standard InChI is InChI=1S/C45H43BOS/c1-24-25(2)27(4)39(28(5)26(24)3)42-36-19-12-11-18-35(36)40(33-17-13-16-32(22-33)31-14-9-8-10-15-31)37-21-20-34(23-38(37)42)41-43(46)29(6)30(7)45(48)44(41)47/h8-10,13-23,47-48H,11-12,46H2,1-7H3. The van der Waals surface area contributed by atoms with Crippen molar-refractivity contribution in [1.82, 2.24) is 0 Å². The number of fused-ring (bicyclic) bond motifs is 2. The van der Waals surface area contributed by atoms with E-state index < -0.39 is 0 Å². The van der Waals surface area contributed by atoms with Crippen molar-refractivity contribution in [3.05, 3.63) is 122 Å². The molecule has 3 heteroatoms. The Kier molecular flexibility index (Phi) is 8.16. The summed E-state index contributed by atoms with van der Waals surface area (Å²) in [4.78, 5) is 0.650. The first-order chi connectivity index (χ1) is 23.0. The fraction of sp³-hybridized carbons (Fsp3) is 0.200. The maximum absolute atomic E-state index is 11.6. The van der Waals surface area contributed by atoms with Crippen LogP contribution in [0.15, 0.2) is 77.7 Å². The van der Waals surface area contributed by atoms with Gasteiger partial charge in [0, 0.05) is 10.5 Å².